The summed E-state index contributed by atoms with van der Waals surface area (Å²) in [6.45, 7) is 16.0. The van der Waals surface area contributed by atoms with Crippen LogP contribution in [0.1, 0.15) is 53.5 Å². The van der Waals surface area contributed by atoms with Crippen LogP contribution in [0.3, 0.4) is 0 Å². The smallest absolute Gasteiger partial charge is 0.327 e. The lowest BCUT2D eigenvalue weighted by Crippen LogP contribution is -2.19. The monoisotopic (exact) mass is 1780 g/mol. The van der Waals surface area contributed by atoms with Crippen LogP contribution in [0.25, 0.3) is 43.6 Å². The zero-order chi connectivity index (χ0) is 90.3. The highest BCUT2D eigenvalue weighted by molar-refractivity contribution is 6.31. The highest BCUT2D eigenvalue weighted by Gasteiger charge is 2.60. The standard InChI is InChI=1S/C25H21ClFN5O.C23H22FN5.C22H17ClFN5O2.C21H15ClFN5O2.C3H4O2/c1-3-22(33)30-20-10-17-21(9-15(20)7-8-25-11-16(25)12-32(2)13-25)28-14-29-24(17)31-19-6-4-5-18(26)23(19)27;1-14-4-3-5-19(21(14)24)28-22-17-9-18(25)15(8-20(17)26-13-27-22)6-7-23-10-16(23)11-29(2)12-23;1-28-10-14-9-22(14,11-28)6-5-13-7-18-15(8-19(13)29(30)31)21(26-12-25-18)27-17-4-2-3-16(23)20(17)24;22-15-2-1-3-16(19(15)23)27-20-14-7-18(28(29)30)12(6-17(14)25-11-26-20)4-5-21-8-13(21)9-24-10-21;1-2-3(4)5/h3-6,9-10,14,16H,1,11-13H2,2H3,(H,30,33)(H,28,29,31);3-5,8-9,13,16H,10-12,25H2,1-2H3,(H,26,27,28);2-4,7-8,12,14H,9-11H2,1H3,(H,25,26,27);1-3,6-7,11,13,24H,8-10H2,(H,25,26,27);2H,1H2,(H,4,5)/t16-,25+;16-,23+;14-,22+;13-,21+;/m0000./s1. The van der Waals surface area contributed by atoms with Crippen LogP contribution in [0.15, 0.2) is 172 Å². The number of fused-ring (bicyclic) bond motifs is 8. The molecule has 12 aromatic rings. The third-order valence-electron chi connectivity index (χ3n) is 24.0. The first-order chi connectivity index (χ1) is 61.4. The number of amides is 1. The lowest BCUT2D eigenvalue weighted by molar-refractivity contribution is -0.385. The molecule has 8 fully saturated rings. The van der Waals surface area contributed by atoms with E-state index in [0.29, 0.717) is 107 Å². The van der Waals surface area contributed by atoms with E-state index < -0.39 is 33.3 Å². The van der Waals surface area contributed by atoms with Crippen molar-refractivity contribution in [2.45, 2.75) is 32.6 Å². The van der Waals surface area contributed by atoms with Gasteiger partial charge >= 0.3 is 5.97 Å². The predicted molar refractivity (Wildman–Crippen MR) is 486 cm³/mol. The van der Waals surface area contributed by atoms with Gasteiger partial charge < -0.3 is 57.4 Å². The van der Waals surface area contributed by atoms with Crippen molar-refractivity contribution in [3.63, 3.8) is 0 Å². The number of nitrogen functional groups attached to an aromatic ring is 1. The molecule has 0 spiro atoms. The molecule has 0 radical (unpaired) electrons. The third kappa shape index (κ3) is 18.7. The van der Waals surface area contributed by atoms with Gasteiger partial charge in [0.15, 0.2) is 17.5 Å². The number of piperidine rings is 4. The summed E-state index contributed by atoms with van der Waals surface area (Å²) in [4.78, 5) is 84.8. The Kier molecular flexibility index (Phi) is 24.5. The van der Waals surface area contributed by atoms with Crippen molar-refractivity contribution in [1.82, 2.24) is 59.9 Å². The van der Waals surface area contributed by atoms with E-state index in [1.807, 2.05) is 18.2 Å². The fourth-order valence-corrected chi connectivity index (χ4v) is 17.5. The highest BCUT2D eigenvalue weighted by atomic mass is 35.5. The van der Waals surface area contributed by atoms with E-state index in [9.17, 15) is 47.4 Å². The normalized spacial score (nSPS) is 21.2. The number of carbonyl (C=O) groups excluding carboxylic acids is 1. The number of hydrogen-bond donors (Lipinski definition) is 8. The van der Waals surface area contributed by atoms with Crippen LogP contribution in [0.4, 0.5) is 86.3 Å². The molecular formula is C94H79Cl3F4N20O7. The van der Waals surface area contributed by atoms with Gasteiger partial charge in [-0.1, -0.05) is 126 Å². The fraction of sp³-hybridized carbons (Fsp3) is 0.255. The number of carbonyl (C=O) groups is 2. The lowest BCUT2D eigenvalue weighted by Gasteiger charge is -2.13. The number of aliphatic carboxylic acids is 1. The van der Waals surface area contributed by atoms with Crippen molar-refractivity contribution in [1.29, 1.82) is 0 Å². The molecule has 4 saturated carbocycles. The number of aromatic nitrogens is 8. The number of halogens is 7. The molecule has 128 heavy (non-hydrogen) atoms. The summed E-state index contributed by atoms with van der Waals surface area (Å²) >= 11 is 17.6. The van der Waals surface area contributed by atoms with Crippen LogP contribution in [-0.4, -0.2) is 155 Å². The van der Waals surface area contributed by atoms with Crippen molar-refractivity contribution < 1.29 is 42.1 Å². The largest absolute Gasteiger partial charge is 0.478 e. The average molecular weight is 1780 g/mol. The minimum absolute atomic E-state index is 0.00479. The van der Waals surface area contributed by atoms with Crippen LogP contribution < -0.4 is 37.6 Å². The zero-order valence-corrected chi connectivity index (χ0v) is 71.4. The Bertz CT molecular complexity index is 6910. The number of carboxylic acid groups (broad SMARTS) is 1. The number of aryl methyl sites for hydroxylation is 1. The second-order valence-corrected chi connectivity index (χ2v) is 34.2. The van der Waals surface area contributed by atoms with Crippen molar-refractivity contribution in [2.24, 2.45) is 45.3 Å². The van der Waals surface area contributed by atoms with Crippen LogP contribution in [0.5, 0.6) is 0 Å². The van der Waals surface area contributed by atoms with Gasteiger partial charge in [-0.25, -0.2) is 62.2 Å². The number of nitro groups is 2. The first-order valence-corrected chi connectivity index (χ1v) is 41.6. The molecule has 4 aliphatic carbocycles. The number of benzene rings is 8. The molecule has 8 atom stereocenters. The number of likely N-dealkylation sites (tertiary alicyclic amines) is 3. The van der Waals surface area contributed by atoms with Crippen molar-refractivity contribution in [3.05, 3.63) is 258 Å². The Hall–Kier alpha value is -14.0. The highest BCUT2D eigenvalue weighted by Crippen LogP contribution is 2.59. The van der Waals surface area contributed by atoms with Crippen molar-refractivity contribution >= 4 is 159 Å². The summed E-state index contributed by atoms with van der Waals surface area (Å²) in [5.74, 6) is 26.3. The molecule has 9 N–H and O–H groups in total. The topological polar surface area (TPSA) is 352 Å². The molecule has 646 valence electrons. The van der Waals surface area contributed by atoms with E-state index in [0.717, 1.165) is 94.2 Å². The molecule has 8 aliphatic rings. The predicted octanol–water partition coefficient (Wildman–Crippen LogP) is 17.0. The second kappa shape index (κ2) is 35.8. The van der Waals surface area contributed by atoms with Crippen LogP contribution in [0.2, 0.25) is 15.1 Å². The average Bonchev–Trinajstić information content (AvgIpc) is 1.49. The number of carboxylic acids is 1. The van der Waals surface area contributed by atoms with E-state index in [4.69, 9.17) is 45.6 Å². The van der Waals surface area contributed by atoms with E-state index in [-0.39, 0.29) is 88.5 Å². The van der Waals surface area contributed by atoms with Crippen molar-refractivity contribution in [3.8, 4) is 47.4 Å². The van der Waals surface area contributed by atoms with Crippen molar-refractivity contribution in [2.75, 3.05) is 106 Å². The maximum absolute atomic E-state index is 14.4. The summed E-state index contributed by atoms with van der Waals surface area (Å²) in [5.41, 5.74) is 12.9. The summed E-state index contributed by atoms with van der Waals surface area (Å²) in [6, 6.07) is 32.2. The van der Waals surface area contributed by atoms with E-state index in [1.165, 1.54) is 80.3 Å². The number of anilines is 10. The van der Waals surface area contributed by atoms with E-state index >= 15 is 0 Å². The van der Waals surface area contributed by atoms with Crippen LogP contribution >= 0.6 is 34.8 Å². The van der Waals surface area contributed by atoms with Gasteiger partial charge in [0.2, 0.25) is 5.91 Å². The Morgan fingerprint density at radius 2 is 0.836 bits per heavy atom. The van der Waals surface area contributed by atoms with Gasteiger partial charge in [-0.05, 0) is 174 Å². The summed E-state index contributed by atoms with van der Waals surface area (Å²) in [5, 5.41) is 51.0. The second-order valence-electron chi connectivity index (χ2n) is 33.0. The summed E-state index contributed by atoms with van der Waals surface area (Å²) in [6.07, 6.45) is 11.9. The van der Waals surface area contributed by atoms with Gasteiger partial charge in [-0.2, -0.15) is 0 Å². The molecule has 20 rings (SSSR count). The molecule has 1 amide bonds. The van der Waals surface area contributed by atoms with E-state index in [1.54, 1.807) is 67.6 Å². The summed E-state index contributed by atoms with van der Waals surface area (Å²) in [7, 11) is 6.31. The molecule has 27 nitrogen and oxygen atoms in total. The molecule has 0 bridgehead atoms. The Labute approximate surface area is 746 Å². The van der Waals surface area contributed by atoms with Gasteiger partial charge in [-0.15, -0.1) is 0 Å². The van der Waals surface area contributed by atoms with Crippen LogP contribution in [-0.2, 0) is 9.59 Å². The van der Waals surface area contributed by atoms with Crippen LogP contribution in [0, 0.1) is 143 Å². The Morgan fingerprint density at radius 1 is 0.492 bits per heavy atom. The van der Waals surface area contributed by atoms with Gasteiger partial charge in [0.1, 0.15) is 65.5 Å². The molecule has 4 saturated heterocycles. The number of nitrogens with two attached hydrogens (primary N) is 1. The van der Waals surface area contributed by atoms with Gasteiger partial charge in [0.25, 0.3) is 11.4 Å². The molecular weight excluding hydrogens is 1700 g/mol. The quantitative estimate of drug-likeness (QED) is 0.0133. The number of nitrogens with one attached hydrogen (secondary N) is 6. The molecule has 8 aromatic carbocycles. The maximum Gasteiger partial charge on any atom is 0.327 e. The fourth-order valence-electron chi connectivity index (χ4n) is 16.9. The Balaban J connectivity index is 0.000000123. The molecule has 4 aliphatic heterocycles. The molecule has 0 unspecified atom stereocenters. The number of nitrogens with zero attached hydrogens (tertiary/aromatic N) is 13. The molecule has 8 heterocycles. The van der Waals surface area contributed by atoms with E-state index in [2.05, 4.69) is 168 Å². The number of rotatable bonds is 13. The minimum atomic E-state index is -0.981. The molecule has 34 heteroatoms. The molecule has 4 aromatic heterocycles. The zero-order valence-electron chi connectivity index (χ0n) is 69.2. The minimum Gasteiger partial charge on any atom is -0.478 e. The third-order valence-corrected chi connectivity index (χ3v) is 24.8. The first kappa shape index (κ1) is 87.5. The lowest BCUT2D eigenvalue weighted by atomic mass is 10.0. The SMILES string of the molecule is C=CC(=O)Nc1cc2c(Nc3cccc(Cl)c3F)ncnc2cc1C#C[C@]12C[C@H]1CN(C)C2.C=CC(=O)O.CN1C[C@@H]2C[C@]2(C#Cc2cc3ncnc(Nc4cccc(Cl)c4F)c3cc2[N+](=O)[O-])C1.Cc1cccc(Nc2ncnc3cc(C#C[C@]45C[C@H]4CN(C)C5)c(N)cc23)c1F.O=[N+]([O-])c1cc2c(Nc3cccc(Cl)c3F)ncnc2cc1C#C[C@@]12CNC[C@@H]1C2. The number of hydrogen-bond acceptors (Lipinski definition) is 23. The van der Waals surface area contributed by atoms with Gasteiger partial charge in [0, 0.05) is 118 Å². The Morgan fingerprint density at radius 3 is 1.20 bits per heavy atom. The first-order valence-electron chi connectivity index (χ1n) is 40.5. The number of nitro benzene ring substituents is 2. The van der Waals surface area contributed by atoms with Gasteiger partial charge in [-0.3, -0.25) is 25.0 Å². The maximum atomic E-state index is 14.4. The van der Waals surface area contributed by atoms with Gasteiger partial charge in [0.05, 0.1) is 81.0 Å². The summed E-state index contributed by atoms with van der Waals surface area (Å²) < 4.78 is 57.4.